The van der Waals surface area contributed by atoms with E-state index >= 15 is 0 Å². The predicted molar refractivity (Wildman–Crippen MR) is 114 cm³/mol. The molecule has 0 saturated heterocycles. The standard InChI is InChI=1S/C24H18F2N2O3/c1-27(17-6-4-3-5-7-17)22-21(15-8-11-18(31-2)12-9-15)23(29)28(24(22)30)20-14-16(25)10-13-19(20)26/h3-14H,1-2H3. The Bertz CT molecular complexity index is 1190. The van der Waals surface area contributed by atoms with Crippen LogP contribution in [0.2, 0.25) is 0 Å². The number of imide groups is 1. The smallest absolute Gasteiger partial charge is 0.282 e. The van der Waals surface area contributed by atoms with Gasteiger partial charge >= 0.3 is 0 Å². The van der Waals surface area contributed by atoms with Gasteiger partial charge < -0.3 is 9.64 Å². The minimum Gasteiger partial charge on any atom is -0.497 e. The van der Waals surface area contributed by atoms with E-state index in [0.717, 1.165) is 18.2 Å². The maximum absolute atomic E-state index is 14.5. The van der Waals surface area contributed by atoms with E-state index < -0.39 is 29.1 Å². The van der Waals surface area contributed by atoms with Crippen LogP contribution in [-0.2, 0) is 9.59 Å². The van der Waals surface area contributed by atoms with Gasteiger partial charge in [0.05, 0.1) is 18.4 Å². The van der Waals surface area contributed by atoms with Crippen molar-refractivity contribution in [2.45, 2.75) is 0 Å². The highest BCUT2D eigenvalue weighted by molar-refractivity contribution is 6.46. The number of amides is 2. The molecule has 5 nitrogen and oxygen atoms in total. The second-order valence-electron chi connectivity index (χ2n) is 6.89. The van der Waals surface area contributed by atoms with E-state index in [9.17, 15) is 18.4 Å². The largest absolute Gasteiger partial charge is 0.497 e. The Hall–Kier alpha value is -4.00. The molecule has 4 rings (SSSR count). The first-order valence-electron chi connectivity index (χ1n) is 9.43. The number of hydrogen-bond donors (Lipinski definition) is 0. The summed E-state index contributed by atoms with van der Waals surface area (Å²) in [6.45, 7) is 0. The summed E-state index contributed by atoms with van der Waals surface area (Å²) in [5.74, 6) is -2.54. The number of methoxy groups -OCH3 is 1. The third-order valence-electron chi connectivity index (χ3n) is 5.07. The van der Waals surface area contributed by atoms with Crippen LogP contribution in [0.1, 0.15) is 5.56 Å². The van der Waals surface area contributed by atoms with E-state index in [0.29, 0.717) is 21.9 Å². The molecule has 31 heavy (non-hydrogen) atoms. The second-order valence-corrected chi connectivity index (χ2v) is 6.89. The van der Waals surface area contributed by atoms with E-state index in [-0.39, 0.29) is 11.3 Å². The molecule has 1 heterocycles. The SMILES string of the molecule is COc1ccc(C2=C(N(C)c3ccccc3)C(=O)N(c3cc(F)ccc3F)C2=O)cc1. The summed E-state index contributed by atoms with van der Waals surface area (Å²) >= 11 is 0. The Morgan fingerprint density at radius 3 is 2.19 bits per heavy atom. The Morgan fingerprint density at radius 1 is 0.871 bits per heavy atom. The highest BCUT2D eigenvalue weighted by atomic mass is 19.1. The molecular weight excluding hydrogens is 402 g/mol. The summed E-state index contributed by atoms with van der Waals surface area (Å²) in [6.07, 6.45) is 0. The number of anilines is 2. The highest BCUT2D eigenvalue weighted by Crippen LogP contribution is 2.37. The Morgan fingerprint density at radius 2 is 1.55 bits per heavy atom. The number of ether oxygens (including phenoxy) is 1. The number of benzene rings is 3. The quantitative estimate of drug-likeness (QED) is 0.575. The van der Waals surface area contributed by atoms with E-state index in [4.69, 9.17) is 4.74 Å². The van der Waals surface area contributed by atoms with E-state index in [1.165, 1.54) is 7.11 Å². The van der Waals surface area contributed by atoms with Gasteiger partial charge in [0.25, 0.3) is 11.8 Å². The summed E-state index contributed by atoms with van der Waals surface area (Å²) in [7, 11) is 3.16. The monoisotopic (exact) mass is 420 g/mol. The van der Waals surface area contributed by atoms with Crippen molar-refractivity contribution in [3.05, 3.63) is 95.7 Å². The Labute approximate surface area is 177 Å². The van der Waals surface area contributed by atoms with Gasteiger partial charge in [0.15, 0.2) is 0 Å². The van der Waals surface area contributed by atoms with E-state index in [1.807, 2.05) is 6.07 Å². The zero-order valence-corrected chi connectivity index (χ0v) is 16.8. The Balaban J connectivity index is 1.89. The van der Waals surface area contributed by atoms with Crippen LogP contribution >= 0.6 is 0 Å². The van der Waals surface area contributed by atoms with Crippen molar-refractivity contribution in [1.29, 1.82) is 0 Å². The number of hydrogen-bond acceptors (Lipinski definition) is 4. The average molecular weight is 420 g/mol. The van der Waals surface area contributed by atoms with Crippen LogP contribution in [0.15, 0.2) is 78.5 Å². The summed E-state index contributed by atoms with van der Waals surface area (Å²) < 4.78 is 33.5. The molecule has 0 N–H and O–H groups in total. The molecule has 3 aromatic rings. The number of likely N-dealkylation sites (N-methyl/N-ethyl adjacent to an activating group) is 1. The van der Waals surface area contributed by atoms with Gasteiger partial charge in [-0.2, -0.15) is 0 Å². The molecule has 1 aliphatic rings. The first-order chi connectivity index (χ1) is 14.9. The summed E-state index contributed by atoms with van der Waals surface area (Å²) in [4.78, 5) is 29.0. The Kier molecular flexibility index (Phi) is 5.25. The molecule has 2 amide bonds. The zero-order valence-electron chi connectivity index (χ0n) is 16.8. The number of rotatable bonds is 5. The molecule has 0 spiro atoms. The lowest BCUT2D eigenvalue weighted by molar-refractivity contribution is -0.120. The van der Waals surface area contributed by atoms with Crippen molar-refractivity contribution in [3.63, 3.8) is 0 Å². The molecule has 0 atom stereocenters. The molecule has 0 unspecified atom stereocenters. The molecule has 0 saturated carbocycles. The fourth-order valence-corrected chi connectivity index (χ4v) is 3.50. The lowest BCUT2D eigenvalue weighted by Gasteiger charge is -2.21. The van der Waals surface area contributed by atoms with Crippen LogP contribution in [0.25, 0.3) is 5.57 Å². The van der Waals surface area contributed by atoms with Crippen molar-refractivity contribution in [3.8, 4) is 5.75 Å². The minimum atomic E-state index is -0.874. The lowest BCUT2D eigenvalue weighted by Crippen LogP contribution is -2.35. The van der Waals surface area contributed by atoms with Crippen LogP contribution in [-0.4, -0.2) is 26.0 Å². The first kappa shape index (κ1) is 20.3. The van der Waals surface area contributed by atoms with Crippen LogP contribution in [0, 0.1) is 11.6 Å². The molecule has 156 valence electrons. The van der Waals surface area contributed by atoms with E-state index in [1.54, 1.807) is 60.5 Å². The second kappa shape index (κ2) is 8.02. The molecule has 0 fully saturated rings. The zero-order chi connectivity index (χ0) is 22.1. The molecule has 0 aliphatic carbocycles. The van der Waals surface area contributed by atoms with E-state index in [2.05, 4.69) is 0 Å². The average Bonchev–Trinajstić information content (AvgIpc) is 3.05. The van der Waals surface area contributed by atoms with Crippen molar-refractivity contribution >= 4 is 28.8 Å². The van der Waals surface area contributed by atoms with Gasteiger partial charge in [-0.1, -0.05) is 30.3 Å². The molecule has 0 aromatic heterocycles. The van der Waals surface area contributed by atoms with Crippen LogP contribution in [0.3, 0.4) is 0 Å². The number of carbonyl (C=O) groups is 2. The summed E-state index contributed by atoms with van der Waals surface area (Å²) in [5, 5.41) is 0. The number of carbonyl (C=O) groups excluding carboxylic acids is 2. The van der Waals surface area contributed by atoms with Gasteiger partial charge in [-0.25, -0.2) is 13.7 Å². The van der Waals surface area contributed by atoms with Crippen molar-refractivity contribution < 1.29 is 23.1 Å². The topological polar surface area (TPSA) is 49.9 Å². The molecule has 0 radical (unpaired) electrons. The summed E-state index contributed by atoms with van der Waals surface area (Å²) in [6, 6.07) is 18.2. The number of halogens is 2. The predicted octanol–water partition coefficient (Wildman–Crippen LogP) is 4.39. The third-order valence-corrected chi connectivity index (χ3v) is 5.07. The van der Waals surface area contributed by atoms with Gasteiger partial charge in [-0.05, 0) is 42.0 Å². The molecular formula is C24H18F2N2O3. The van der Waals surface area contributed by atoms with Gasteiger partial charge in [0, 0.05) is 18.8 Å². The fraction of sp³-hybridized carbons (Fsp3) is 0.0833. The van der Waals surface area contributed by atoms with Gasteiger partial charge in [-0.15, -0.1) is 0 Å². The molecule has 0 bridgehead atoms. The van der Waals surface area contributed by atoms with Crippen LogP contribution in [0.4, 0.5) is 20.2 Å². The van der Waals surface area contributed by atoms with Crippen molar-refractivity contribution in [2.75, 3.05) is 24.0 Å². The first-order valence-corrected chi connectivity index (χ1v) is 9.43. The molecule has 1 aliphatic heterocycles. The van der Waals surface area contributed by atoms with Crippen LogP contribution in [0.5, 0.6) is 5.75 Å². The maximum Gasteiger partial charge on any atom is 0.282 e. The molecule has 3 aromatic carbocycles. The van der Waals surface area contributed by atoms with Gasteiger partial charge in [0.1, 0.15) is 23.1 Å². The number of nitrogens with zero attached hydrogens (tertiary/aromatic N) is 2. The fourth-order valence-electron chi connectivity index (χ4n) is 3.50. The van der Waals surface area contributed by atoms with Crippen LogP contribution < -0.4 is 14.5 Å². The summed E-state index contributed by atoms with van der Waals surface area (Å²) in [5.41, 5.74) is 0.827. The maximum atomic E-state index is 14.5. The van der Waals surface area contributed by atoms with Gasteiger partial charge in [-0.3, -0.25) is 9.59 Å². The van der Waals surface area contributed by atoms with Crippen molar-refractivity contribution in [2.24, 2.45) is 0 Å². The highest BCUT2D eigenvalue weighted by Gasteiger charge is 2.43. The number of para-hydroxylation sites is 1. The lowest BCUT2D eigenvalue weighted by atomic mass is 10.0. The van der Waals surface area contributed by atoms with Crippen molar-refractivity contribution in [1.82, 2.24) is 0 Å². The normalized spacial score (nSPS) is 13.7. The van der Waals surface area contributed by atoms with Gasteiger partial charge in [0.2, 0.25) is 0 Å². The minimum absolute atomic E-state index is 0.0602. The third kappa shape index (κ3) is 3.54. The molecule has 7 heteroatoms.